The number of aryl methyl sites for hydroxylation is 1. The molecule has 0 unspecified atom stereocenters. The lowest BCUT2D eigenvalue weighted by molar-refractivity contribution is 0.799. The first-order chi connectivity index (χ1) is 8.36. The third kappa shape index (κ3) is 2.06. The van der Waals surface area contributed by atoms with E-state index < -0.39 is 0 Å². The van der Waals surface area contributed by atoms with E-state index in [1.165, 1.54) is 10.1 Å². The minimum Gasteiger partial charge on any atom is -0.220 e. The molecule has 0 aliphatic rings. The Morgan fingerprint density at radius 1 is 1.29 bits per heavy atom. The Morgan fingerprint density at radius 3 is 3.12 bits per heavy atom. The van der Waals surface area contributed by atoms with E-state index >= 15 is 0 Å². The van der Waals surface area contributed by atoms with Gasteiger partial charge in [-0.2, -0.15) is 0 Å². The predicted octanol–water partition coefficient (Wildman–Crippen LogP) is 3.26. The number of alkyl halides is 1. The topological polar surface area (TPSA) is 30.7 Å². The summed E-state index contributed by atoms with van der Waals surface area (Å²) in [6.07, 6.45) is 2.68. The molecule has 3 rings (SSSR count). The molecule has 0 aliphatic carbocycles. The fourth-order valence-corrected chi connectivity index (χ4v) is 2.70. The van der Waals surface area contributed by atoms with Crippen molar-refractivity contribution in [3.8, 4) is 5.69 Å². The molecule has 2 aromatic heterocycles. The molecule has 0 fully saturated rings. The molecule has 0 saturated carbocycles. The number of rotatable bonds is 3. The van der Waals surface area contributed by atoms with Gasteiger partial charge in [0.1, 0.15) is 0 Å². The quantitative estimate of drug-likeness (QED) is 0.679. The van der Waals surface area contributed by atoms with Crippen molar-refractivity contribution in [2.75, 3.05) is 5.88 Å². The SMILES string of the molecule is ClCCc1cn(-c2ccc3sccc3c2)nn1. The molecule has 3 aromatic rings. The summed E-state index contributed by atoms with van der Waals surface area (Å²) >= 11 is 7.42. The van der Waals surface area contributed by atoms with Gasteiger partial charge >= 0.3 is 0 Å². The normalized spacial score (nSPS) is 11.1. The van der Waals surface area contributed by atoms with E-state index in [1.807, 2.05) is 6.20 Å². The first-order valence-electron chi connectivity index (χ1n) is 5.31. The van der Waals surface area contributed by atoms with E-state index in [9.17, 15) is 0 Å². The van der Waals surface area contributed by atoms with Gasteiger partial charge in [-0.25, -0.2) is 4.68 Å². The van der Waals surface area contributed by atoms with E-state index in [0.717, 1.165) is 17.8 Å². The van der Waals surface area contributed by atoms with Crippen LogP contribution in [0, 0.1) is 0 Å². The summed E-state index contributed by atoms with van der Waals surface area (Å²) < 4.78 is 3.08. The van der Waals surface area contributed by atoms with Gasteiger partial charge < -0.3 is 0 Å². The van der Waals surface area contributed by atoms with Gasteiger partial charge in [0, 0.05) is 17.0 Å². The molecule has 3 nitrogen and oxygen atoms in total. The van der Waals surface area contributed by atoms with Crippen LogP contribution in [0.1, 0.15) is 5.69 Å². The molecule has 17 heavy (non-hydrogen) atoms. The average Bonchev–Trinajstić information content (AvgIpc) is 2.96. The van der Waals surface area contributed by atoms with Crippen molar-refractivity contribution in [1.82, 2.24) is 15.0 Å². The number of hydrogen-bond donors (Lipinski definition) is 0. The van der Waals surface area contributed by atoms with E-state index in [2.05, 4.69) is 40.0 Å². The second kappa shape index (κ2) is 4.47. The largest absolute Gasteiger partial charge is 0.220 e. The second-order valence-corrected chi connectivity index (χ2v) is 5.06. The summed E-state index contributed by atoms with van der Waals surface area (Å²) in [5.41, 5.74) is 1.95. The molecule has 0 N–H and O–H groups in total. The van der Waals surface area contributed by atoms with Gasteiger partial charge in [-0.05, 0) is 35.0 Å². The maximum atomic E-state index is 5.68. The molecule has 0 atom stereocenters. The molecule has 1 aromatic carbocycles. The lowest BCUT2D eigenvalue weighted by Crippen LogP contribution is -1.93. The standard InChI is InChI=1S/C12H10ClN3S/c13-5-3-10-8-16(15-14-10)11-1-2-12-9(7-11)4-6-17-12/h1-2,4,6-8H,3,5H2. The average molecular weight is 264 g/mol. The summed E-state index contributed by atoms with van der Waals surface area (Å²) in [5.74, 6) is 0.572. The Bertz CT molecular complexity index is 644. The zero-order valence-corrected chi connectivity index (χ0v) is 10.6. The van der Waals surface area contributed by atoms with Crippen LogP contribution in [0.2, 0.25) is 0 Å². The Kier molecular flexibility index (Phi) is 2.82. The van der Waals surface area contributed by atoms with Gasteiger partial charge in [0.25, 0.3) is 0 Å². The van der Waals surface area contributed by atoms with Crippen molar-refractivity contribution in [1.29, 1.82) is 0 Å². The van der Waals surface area contributed by atoms with E-state index in [1.54, 1.807) is 16.0 Å². The molecule has 0 aliphatic heterocycles. The number of thiophene rings is 1. The minimum atomic E-state index is 0.572. The van der Waals surface area contributed by atoms with Crippen LogP contribution >= 0.6 is 22.9 Å². The third-order valence-corrected chi connectivity index (χ3v) is 3.68. The molecule has 0 radical (unpaired) electrons. The fraction of sp³-hybridized carbons (Fsp3) is 0.167. The minimum absolute atomic E-state index is 0.572. The molecule has 0 bridgehead atoms. The Morgan fingerprint density at radius 2 is 2.24 bits per heavy atom. The van der Waals surface area contributed by atoms with Gasteiger partial charge in [-0.15, -0.1) is 28.0 Å². The number of halogens is 1. The van der Waals surface area contributed by atoms with Gasteiger partial charge in [-0.1, -0.05) is 5.21 Å². The highest BCUT2D eigenvalue weighted by atomic mass is 35.5. The summed E-state index contributed by atoms with van der Waals surface area (Å²) in [7, 11) is 0. The van der Waals surface area contributed by atoms with Crippen LogP contribution in [0.3, 0.4) is 0 Å². The molecule has 5 heteroatoms. The molecule has 2 heterocycles. The first kappa shape index (κ1) is 10.7. The summed E-state index contributed by atoms with van der Waals surface area (Å²) in [6.45, 7) is 0. The van der Waals surface area contributed by atoms with Gasteiger partial charge in [0.05, 0.1) is 17.6 Å². The van der Waals surface area contributed by atoms with Gasteiger partial charge in [-0.3, -0.25) is 0 Å². The van der Waals surface area contributed by atoms with Crippen molar-refractivity contribution in [3.05, 3.63) is 41.5 Å². The molecule has 86 valence electrons. The Hall–Kier alpha value is -1.39. The number of benzene rings is 1. The number of fused-ring (bicyclic) bond motifs is 1. The van der Waals surface area contributed by atoms with Crippen LogP contribution in [-0.4, -0.2) is 20.9 Å². The number of hydrogen-bond acceptors (Lipinski definition) is 3. The van der Waals surface area contributed by atoms with Crippen LogP contribution in [0.15, 0.2) is 35.8 Å². The fourth-order valence-electron chi connectivity index (χ4n) is 1.73. The van der Waals surface area contributed by atoms with Crippen LogP contribution in [0.4, 0.5) is 0 Å². The van der Waals surface area contributed by atoms with Crippen molar-refractivity contribution >= 4 is 33.0 Å². The van der Waals surface area contributed by atoms with Crippen molar-refractivity contribution in [2.45, 2.75) is 6.42 Å². The second-order valence-electron chi connectivity index (χ2n) is 3.74. The van der Waals surface area contributed by atoms with Crippen LogP contribution in [0.5, 0.6) is 0 Å². The molecule has 0 spiro atoms. The summed E-state index contributed by atoms with van der Waals surface area (Å²) in [4.78, 5) is 0. The first-order valence-corrected chi connectivity index (χ1v) is 6.73. The molecular weight excluding hydrogens is 254 g/mol. The van der Waals surface area contributed by atoms with Gasteiger partial charge in [0.2, 0.25) is 0 Å². The summed E-state index contributed by atoms with van der Waals surface area (Å²) in [5, 5.41) is 11.5. The predicted molar refractivity (Wildman–Crippen MR) is 71.2 cm³/mol. The molecule has 0 amide bonds. The van der Waals surface area contributed by atoms with E-state index in [0.29, 0.717) is 5.88 Å². The van der Waals surface area contributed by atoms with Crippen molar-refractivity contribution in [3.63, 3.8) is 0 Å². The van der Waals surface area contributed by atoms with Crippen LogP contribution in [0.25, 0.3) is 15.8 Å². The smallest absolute Gasteiger partial charge is 0.0843 e. The Labute approximate surface area is 108 Å². The third-order valence-electron chi connectivity index (χ3n) is 2.59. The van der Waals surface area contributed by atoms with Gasteiger partial charge in [0.15, 0.2) is 0 Å². The summed E-state index contributed by atoms with van der Waals surface area (Å²) in [6, 6.07) is 8.39. The lowest BCUT2D eigenvalue weighted by atomic mass is 10.2. The van der Waals surface area contributed by atoms with Crippen molar-refractivity contribution < 1.29 is 0 Å². The monoisotopic (exact) mass is 263 g/mol. The Balaban J connectivity index is 2.00. The zero-order chi connectivity index (χ0) is 11.7. The number of aromatic nitrogens is 3. The van der Waals surface area contributed by atoms with Crippen molar-refractivity contribution in [2.24, 2.45) is 0 Å². The highest BCUT2D eigenvalue weighted by Gasteiger charge is 2.03. The maximum Gasteiger partial charge on any atom is 0.0843 e. The van der Waals surface area contributed by atoms with E-state index in [4.69, 9.17) is 11.6 Å². The highest BCUT2D eigenvalue weighted by molar-refractivity contribution is 7.17. The van der Waals surface area contributed by atoms with E-state index in [-0.39, 0.29) is 0 Å². The maximum absolute atomic E-state index is 5.68. The number of nitrogens with zero attached hydrogens (tertiary/aromatic N) is 3. The highest BCUT2D eigenvalue weighted by Crippen LogP contribution is 2.23. The van der Waals surface area contributed by atoms with Crippen LogP contribution in [-0.2, 0) is 6.42 Å². The lowest BCUT2D eigenvalue weighted by Gasteiger charge is -1.99. The zero-order valence-electron chi connectivity index (χ0n) is 9.01. The molecule has 0 saturated heterocycles. The van der Waals surface area contributed by atoms with Crippen LogP contribution < -0.4 is 0 Å². The molecular formula is C12H10ClN3S.